The van der Waals surface area contributed by atoms with Crippen LogP contribution in [0.2, 0.25) is 0 Å². The lowest BCUT2D eigenvalue weighted by Gasteiger charge is -2.24. The molecule has 0 unspecified atom stereocenters. The topological polar surface area (TPSA) is 46.2 Å². The van der Waals surface area contributed by atoms with Crippen molar-refractivity contribution in [2.45, 2.75) is 18.9 Å². The van der Waals surface area contributed by atoms with E-state index in [4.69, 9.17) is 0 Å². The summed E-state index contributed by atoms with van der Waals surface area (Å²) in [5.74, 6) is -3.28. The lowest BCUT2D eigenvalue weighted by molar-refractivity contribution is 0.494. The second-order valence-electron chi connectivity index (χ2n) is 4.32. The van der Waals surface area contributed by atoms with Gasteiger partial charge in [-0.05, 0) is 12.8 Å². The molecule has 0 aliphatic carbocycles. The molecule has 1 aliphatic heterocycles. The molecule has 0 saturated carbocycles. The minimum atomic E-state index is -3.02. The van der Waals surface area contributed by atoms with Crippen LogP contribution in [0.4, 0.5) is 18.9 Å². The molecule has 1 heterocycles. The van der Waals surface area contributed by atoms with Crippen LogP contribution in [0.5, 0.6) is 0 Å². The first-order valence-electron chi connectivity index (χ1n) is 5.49. The molecule has 0 amide bonds. The Hall–Kier alpha value is -1.24. The van der Waals surface area contributed by atoms with Crippen LogP contribution in [0.25, 0.3) is 0 Å². The fraction of sp³-hybridized carbons (Fsp3) is 0.455. The van der Waals surface area contributed by atoms with E-state index in [1.165, 1.54) is 0 Å². The molecule has 7 heteroatoms. The Labute approximate surface area is 103 Å². The number of rotatable bonds is 2. The number of anilines is 1. The first-order chi connectivity index (χ1) is 8.37. The Bertz CT molecular complexity index is 546. The lowest BCUT2D eigenvalue weighted by Crippen LogP contribution is -2.32. The Balaban J connectivity index is 2.11. The van der Waals surface area contributed by atoms with Crippen molar-refractivity contribution in [2.24, 2.45) is 0 Å². The van der Waals surface area contributed by atoms with Gasteiger partial charge in [-0.25, -0.2) is 21.6 Å². The molecule has 2 rings (SSSR count). The van der Waals surface area contributed by atoms with E-state index < -0.39 is 27.3 Å². The summed E-state index contributed by atoms with van der Waals surface area (Å²) in [5, 5.41) is 2.65. The molecule has 0 radical (unpaired) electrons. The monoisotopic (exact) mass is 279 g/mol. The quantitative estimate of drug-likeness (QED) is 0.843. The molecule has 0 spiro atoms. The summed E-state index contributed by atoms with van der Waals surface area (Å²) >= 11 is 0. The van der Waals surface area contributed by atoms with Crippen molar-refractivity contribution < 1.29 is 21.6 Å². The van der Waals surface area contributed by atoms with Crippen LogP contribution in [-0.2, 0) is 9.84 Å². The summed E-state index contributed by atoms with van der Waals surface area (Å²) in [4.78, 5) is 0. The average molecular weight is 279 g/mol. The summed E-state index contributed by atoms with van der Waals surface area (Å²) in [6.45, 7) is 0. The van der Waals surface area contributed by atoms with E-state index in [2.05, 4.69) is 5.32 Å². The first kappa shape index (κ1) is 13.2. The zero-order valence-electron chi connectivity index (χ0n) is 9.42. The van der Waals surface area contributed by atoms with E-state index in [1.54, 1.807) is 0 Å². The third-order valence-corrected chi connectivity index (χ3v) is 4.62. The molecule has 18 heavy (non-hydrogen) atoms. The van der Waals surface area contributed by atoms with Crippen molar-refractivity contribution in [3.8, 4) is 0 Å². The van der Waals surface area contributed by atoms with Crippen LogP contribution < -0.4 is 5.32 Å². The minimum absolute atomic E-state index is 0.00405. The average Bonchev–Trinajstić information content (AvgIpc) is 2.28. The van der Waals surface area contributed by atoms with Crippen molar-refractivity contribution in [1.29, 1.82) is 0 Å². The molecule has 1 N–H and O–H groups in total. The predicted molar refractivity (Wildman–Crippen MR) is 61.6 cm³/mol. The largest absolute Gasteiger partial charge is 0.380 e. The van der Waals surface area contributed by atoms with E-state index in [-0.39, 0.29) is 23.2 Å². The van der Waals surface area contributed by atoms with Crippen LogP contribution in [0.1, 0.15) is 12.8 Å². The Morgan fingerprint density at radius 3 is 2.33 bits per heavy atom. The standard InChI is InChI=1S/C11H12F3NO2S/c12-7-5-9(13)11(14)10(6-7)15-8-1-3-18(16,17)4-2-8/h5-6,8,15H,1-4H2. The Morgan fingerprint density at radius 1 is 1.11 bits per heavy atom. The second-order valence-corrected chi connectivity index (χ2v) is 6.62. The van der Waals surface area contributed by atoms with Gasteiger partial charge in [-0.15, -0.1) is 0 Å². The summed E-state index contributed by atoms with van der Waals surface area (Å²) in [6, 6.07) is 1.04. The number of nitrogens with one attached hydrogen (secondary N) is 1. The van der Waals surface area contributed by atoms with Crippen LogP contribution in [0.15, 0.2) is 12.1 Å². The van der Waals surface area contributed by atoms with Crippen molar-refractivity contribution in [3.05, 3.63) is 29.6 Å². The van der Waals surface area contributed by atoms with Gasteiger partial charge in [0.25, 0.3) is 0 Å². The minimum Gasteiger partial charge on any atom is -0.380 e. The van der Waals surface area contributed by atoms with Gasteiger partial charge in [-0.2, -0.15) is 0 Å². The van der Waals surface area contributed by atoms with Crippen molar-refractivity contribution in [2.75, 3.05) is 16.8 Å². The van der Waals surface area contributed by atoms with Crippen LogP contribution in [0.3, 0.4) is 0 Å². The van der Waals surface area contributed by atoms with Gasteiger partial charge < -0.3 is 5.32 Å². The highest BCUT2D eigenvalue weighted by molar-refractivity contribution is 7.91. The van der Waals surface area contributed by atoms with E-state index in [0.717, 1.165) is 6.07 Å². The maximum atomic E-state index is 13.4. The van der Waals surface area contributed by atoms with Crippen molar-refractivity contribution in [1.82, 2.24) is 0 Å². The van der Waals surface area contributed by atoms with Gasteiger partial charge in [0.15, 0.2) is 11.6 Å². The molecule has 0 atom stereocenters. The molecule has 1 aliphatic rings. The van der Waals surface area contributed by atoms with Crippen molar-refractivity contribution in [3.63, 3.8) is 0 Å². The zero-order chi connectivity index (χ0) is 13.3. The highest BCUT2D eigenvalue weighted by Crippen LogP contribution is 2.23. The summed E-state index contributed by atoms with van der Waals surface area (Å²) in [5.41, 5.74) is -0.267. The fourth-order valence-electron chi connectivity index (χ4n) is 1.92. The van der Waals surface area contributed by atoms with Gasteiger partial charge >= 0.3 is 0 Å². The number of hydrogen-bond acceptors (Lipinski definition) is 3. The number of sulfone groups is 1. The maximum Gasteiger partial charge on any atom is 0.182 e. The highest BCUT2D eigenvalue weighted by atomic mass is 32.2. The predicted octanol–water partition coefficient (Wildman–Crippen LogP) is 2.09. The molecule has 3 nitrogen and oxygen atoms in total. The molecule has 1 fully saturated rings. The van der Waals surface area contributed by atoms with Gasteiger partial charge in [0.1, 0.15) is 15.7 Å². The normalized spacial score (nSPS) is 19.7. The van der Waals surface area contributed by atoms with Gasteiger partial charge in [0.2, 0.25) is 0 Å². The van der Waals surface area contributed by atoms with E-state index >= 15 is 0 Å². The van der Waals surface area contributed by atoms with Gasteiger partial charge in [0, 0.05) is 18.2 Å². The highest BCUT2D eigenvalue weighted by Gasteiger charge is 2.24. The summed E-state index contributed by atoms with van der Waals surface area (Å²) in [7, 11) is -3.02. The number of hydrogen-bond donors (Lipinski definition) is 1. The summed E-state index contributed by atoms with van der Waals surface area (Å²) < 4.78 is 61.7. The van der Waals surface area contributed by atoms with Gasteiger partial charge in [0.05, 0.1) is 17.2 Å². The molecule has 0 bridgehead atoms. The first-order valence-corrected chi connectivity index (χ1v) is 7.31. The van der Waals surface area contributed by atoms with Crippen LogP contribution >= 0.6 is 0 Å². The molecule has 1 aromatic carbocycles. The van der Waals surface area contributed by atoms with E-state index in [0.29, 0.717) is 18.9 Å². The van der Waals surface area contributed by atoms with E-state index in [9.17, 15) is 21.6 Å². The van der Waals surface area contributed by atoms with Crippen LogP contribution in [0, 0.1) is 17.5 Å². The Kier molecular flexibility index (Phi) is 3.52. The number of halogens is 3. The Morgan fingerprint density at radius 2 is 1.72 bits per heavy atom. The fourth-order valence-corrected chi connectivity index (χ4v) is 3.41. The molecule has 0 aromatic heterocycles. The second kappa shape index (κ2) is 4.79. The van der Waals surface area contributed by atoms with Gasteiger partial charge in [-0.1, -0.05) is 0 Å². The molecule has 1 saturated heterocycles. The third kappa shape index (κ3) is 2.95. The zero-order valence-corrected chi connectivity index (χ0v) is 10.2. The third-order valence-electron chi connectivity index (χ3n) is 2.91. The smallest absolute Gasteiger partial charge is 0.182 e. The summed E-state index contributed by atoms with van der Waals surface area (Å²) in [6.07, 6.45) is 0.611. The van der Waals surface area contributed by atoms with Gasteiger partial charge in [-0.3, -0.25) is 0 Å². The lowest BCUT2D eigenvalue weighted by atomic mass is 10.1. The SMILES string of the molecule is O=S1(=O)CCC(Nc2cc(F)cc(F)c2F)CC1. The van der Waals surface area contributed by atoms with E-state index in [1.807, 2.05) is 0 Å². The molecule has 100 valence electrons. The maximum absolute atomic E-state index is 13.4. The molecular formula is C11H12F3NO2S. The molecule has 1 aromatic rings. The van der Waals surface area contributed by atoms with Crippen molar-refractivity contribution >= 4 is 15.5 Å². The number of benzene rings is 1. The molecular weight excluding hydrogens is 267 g/mol. The van der Waals surface area contributed by atoms with Crippen LogP contribution in [-0.4, -0.2) is 26.0 Å².